The molecule has 2 aromatic rings. The molecule has 0 saturated carbocycles. The number of ether oxygens (including phenoxy) is 3. The Bertz CT molecular complexity index is 1120. The monoisotopic (exact) mass is 558 g/mol. The molecule has 0 amide bonds. The van der Waals surface area contributed by atoms with Crippen molar-refractivity contribution in [3.63, 3.8) is 0 Å². The van der Waals surface area contributed by atoms with Crippen LogP contribution in [0.2, 0.25) is 18.1 Å². The number of carbonyl (C=O) groups is 2. The molecule has 1 heterocycles. The minimum absolute atomic E-state index is 0.0867. The Kier molecular flexibility index (Phi) is 10.1. The summed E-state index contributed by atoms with van der Waals surface area (Å²) in [5.74, 6) is -1.25. The fourth-order valence-corrected chi connectivity index (χ4v) is 3.90. The molecule has 210 valence electrons. The molecule has 0 aliphatic carbocycles. The number of carbonyl (C=O) groups excluding carboxylic acids is 1. The van der Waals surface area contributed by atoms with Crippen LogP contribution in [0.25, 0.3) is 0 Å². The number of aromatic nitrogens is 2. The molecule has 1 aromatic heterocycles. The zero-order chi connectivity index (χ0) is 28.7. The molecule has 38 heavy (non-hydrogen) atoms. The Hall–Kier alpha value is -3.35. The number of halogens is 3. The van der Waals surface area contributed by atoms with Gasteiger partial charge in [-0.2, -0.15) is 18.2 Å². The van der Waals surface area contributed by atoms with E-state index in [1.165, 1.54) is 12.3 Å². The van der Waals surface area contributed by atoms with Crippen molar-refractivity contribution in [3.05, 3.63) is 41.7 Å². The predicted molar refractivity (Wildman–Crippen MR) is 134 cm³/mol. The highest BCUT2D eigenvalue weighted by molar-refractivity contribution is 6.74. The lowest BCUT2D eigenvalue weighted by Crippen LogP contribution is -2.43. The molecule has 13 heteroatoms. The smallest absolute Gasteiger partial charge is 0.392 e. The molecule has 2 rings (SSSR count). The van der Waals surface area contributed by atoms with Crippen molar-refractivity contribution in [1.29, 1.82) is 0 Å². The van der Waals surface area contributed by atoms with Gasteiger partial charge in [-0.05, 0) is 42.4 Å². The number of hydrogen-bond acceptors (Lipinski definition) is 8. The molecule has 0 aliphatic heterocycles. The zero-order valence-corrected chi connectivity index (χ0v) is 23.2. The average molecular weight is 559 g/mol. The highest BCUT2D eigenvalue weighted by atomic mass is 28.4. The summed E-state index contributed by atoms with van der Waals surface area (Å²) in [4.78, 5) is 31.0. The average Bonchev–Trinajstić information content (AvgIpc) is 2.76. The fourth-order valence-electron chi connectivity index (χ4n) is 2.88. The van der Waals surface area contributed by atoms with E-state index in [2.05, 4.69) is 43.8 Å². The van der Waals surface area contributed by atoms with Crippen LogP contribution in [0.4, 0.5) is 13.2 Å². The molecule has 0 bridgehead atoms. The van der Waals surface area contributed by atoms with Crippen LogP contribution in [0.15, 0.2) is 30.5 Å². The second-order valence-corrected chi connectivity index (χ2v) is 14.8. The molecule has 1 aromatic carbocycles. The van der Waals surface area contributed by atoms with Crippen LogP contribution in [-0.2, 0) is 27.4 Å². The lowest BCUT2D eigenvalue weighted by atomic mass is 10.1. The molecule has 9 nitrogen and oxygen atoms in total. The van der Waals surface area contributed by atoms with Gasteiger partial charge in [0.25, 0.3) is 0 Å². The Labute approximate surface area is 220 Å². The van der Waals surface area contributed by atoms with Gasteiger partial charge in [0, 0.05) is 25.1 Å². The normalized spacial score (nSPS) is 13.0. The quantitative estimate of drug-likeness (QED) is 0.272. The lowest BCUT2D eigenvalue weighted by Gasteiger charge is -2.36. The first-order valence-corrected chi connectivity index (χ1v) is 14.7. The first-order valence-electron chi connectivity index (χ1n) is 11.8. The number of nitrogens with zero attached hydrogens (tertiary/aromatic N) is 2. The second kappa shape index (κ2) is 12.5. The van der Waals surface area contributed by atoms with Crippen molar-refractivity contribution < 1.29 is 46.5 Å². The van der Waals surface area contributed by atoms with Crippen LogP contribution in [0.1, 0.15) is 45.4 Å². The van der Waals surface area contributed by atoms with Gasteiger partial charge >= 0.3 is 24.1 Å². The third-order valence-electron chi connectivity index (χ3n) is 5.88. The van der Waals surface area contributed by atoms with E-state index in [1.807, 2.05) is 0 Å². The van der Waals surface area contributed by atoms with Crippen molar-refractivity contribution in [2.75, 3.05) is 6.61 Å². The molecule has 0 spiro atoms. The Morgan fingerprint density at radius 3 is 2.37 bits per heavy atom. The van der Waals surface area contributed by atoms with Gasteiger partial charge < -0.3 is 23.7 Å². The maximum Gasteiger partial charge on any atom is 0.392 e. The van der Waals surface area contributed by atoms with Gasteiger partial charge in [-0.1, -0.05) is 20.8 Å². The van der Waals surface area contributed by atoms with Gasteiger partial charge in [-0.3, -0.25) is 4.79 Å². The van der Waals surface area contributed by atoms with Crippen molar-refractivity contribution >= 4 is 20.3 Å². The minimum atomic E-state index is -4.36. The standard InChI is InChI=1S/C25H33F3N2O7Si/c1-16(31)36-21(22(32)33)14-17-13-19(37-38(5,6)24(2,3)4)7-8-20(17)35-15-18-9-11-29-23(30-18)34-12-10-25(26,27)28/h7-9,11,13,21H,10,12,14-15H2,1-6H3,(H,32,33)/t21-/m1/s1. The molecule has 0 aliphatic rings. The van der Waals surface area contributed by atoms with Crippen molar-refractivity contribution in [3.8, 4) is 17.5 Å². The molecule has 0 fully saturated rings. The molecular weight excluding hydrogens is 525 g/mol. The highest BCUT2D eigenvalue weighted by Gasteiger charge is 2.39. The summed E-state index contributed by atoms with van der Waals surface area (Å²) in [5, 5.41) is 9.47. The lowest BCUT2D eigenvalue weighted by molar-refractivity contribution is -0.162. The maximum absolute atomic E-state index is 12.4. The van der Waals surface area contributed by atoms with Gasteiger partial charge in [0.2, 0.25) is 14.4 Å². The largest absolute Gasteiger partial charge is 0.543 e. The molecule has 0 unspecified atom stereocenters. The van der Waals surface area contributed by atoms with E-state index < -0.39 is 45.6 Å². The summed E-state index contributed by atoms with van der Waals surface area (Å²) < 4.78 is 59.2. The summed E-state index contributed by atoms with van der Waals surface area (Å²) in [5.41, 5.74) is 0.745. The Morgan fingerprint density at radius 2 is 1.79 bits per heavy atom. The van der Waals surface area contributed by atoms with E-state index >= 15 is 0 Å². The molecule has 1 atom stereocenters. The third-order valence-corrected chi connectivity index (χ3v) is 10.2. The number of benzene rings is 1. The van der Waals surface area contributed by atoms with Crippen LogP contribution in [-0.4, -0.2) is 54.2 Å². The number of carboxylic acids is 1. The van der Waals surface area contributed by atoms with E-state index in [4.69, 9.17) is 18.6 Å². The van der Waals surface area contributed by atoms with Gasteiger partial charge in [-0.25, -0.2) is 9.78 Å². The number of hydrogen-bond donors (Lipinski definition) is 1. The topological polar surface area (TPSA) is 117 Å². The first-order chi connectivity index (χ1) is 17.5. The van der Waals surface area contributed by atoms with E-state index in [0.717, 1.165) is 6.92 Å². The fraction of sp³-hybridized carbons (Fsp3) is 0.520. The summed E-state index contributed by atoms with van der Waals surface area (Å²) >= 11 is 0. The number of aliphatic carboxylic acids is 1. The Morgan fingerprint density at radius 1 is 1.11 bits per heavy atom. The van der Waals surface area contributed by atoms with Crippen LogP contribution in [0.3, 0.4) is 0 Å². The van der Waals surface area contributed by atoms with Gasteiger partial charge in [0.05, 0.1) is 12.1 Å². The highest BCUT2D eigenvalue weighted by Crippen LogP contribution is 2.38. The predicted octanol–water partition coefficient (Wildman–Crippen LogP) is 5.33. The van der Waals surface area contributed by atoms with Crippen molar-refractivity contribution in [1.82, 2.24) is 9.97 Å². The van der Waals surface area contributed by atoms with Crippen LogP contribution < -0.4 is 13.9 Å². The number of alkyl halides is 3. The summed E-state index contributed by atoms with van der Waals surface area (Å²) in [6.45, 7) is 10.8. The second-order valence-electron chi connectivity index (χ2n) is 10.1. The molecule has 1 N–H and O–H groups in total. The Balaban J connectivity index is 2.27. The SMILES string of the molecule is CC(=O)O[C@H](Cc1cc(O[Si](C)(C)C(C)(C)C)ccc1OCc1ccnc(OCCC(F)(F)F)n1)C(=O)O. The summed E-state index contributed by atoms with van der Waals surface area (Å²) in [6, 6.07) is 6.25. The molecule has 0 saturated heterocycles. The summed E-state index contributed by atoms with van der Waals surface area (Å²) in [6.07, 6.45) is -5.82. The van der Waals surface area contributed by atoms with E-state index in [1.54, 1.807) is 18.2 Å². The van der Waals surface area contributed by atoms with Crippen LogP contribution in [0.5, 0.6) is 17.5 Å². The minimum Gasteiger partial charge on any atom is -0.543 e. The van der Waals surface area contributed by atoms with Crippen molar-refractivity contribution in [2.24, 2.45) is 0 Å². The number of esters is 1. The summed E-state index contributed by atoms with van der Waals surface area (Å²) in [7, 11) is -2.22. The number of rotatable bonds is 12. The van der Waals surface area contributed by atoms with Gasteiger partial charge in [0.1, 0.15) is 24.7 Å². The van der Waals surface area contributed by atoms with Crippen molar-refractivity contribution in [2.45, 2.75) is 77.6 Å². The van der Waals surface area contributed by atoms with E-state index in [-0.39, 0.29) is 24.1 Å². The number of carboxylic acid groups (broad SMARTS) is 1. The first kappa shape index (κ1) is 30.9. The molecule has 0 radical (unpaired) electrons. The zero-order valence-electron chi connectivity index (χ0n) is 22.2. The van der Waals surface area contributed by atoms with E-state index in [9.17, 15) is 27.9 Å². The maximum atomic E-state index is 12.4. The van der Waals surface area contributed by atoms with Gasteiger partial charge in [-0.15, -0.1) is 0 Å². The third kappa shape index (κ3) is 9.84. The van der Waals surface area contributed by atoms with Crippen LogP contribution >= 0.6 is 0 Å². The van der Waals surface area contributed by atoms with Crippen LogP contribution in [0, 0.1) is 0 Å². The molecular formula is C25H33F3N2O7Si. The van der Waals surface area contributed by atoms with E-state index in [0.29, 0.717) is 22.8 Å². The van der Waals surface area contributed by atoms with Gasteiger partial charge in [0.15, 0.2) is 0 Å².